The van der Waals surface area contributed by atoms with Gasteiger partial charge in [-0.05, 0) is 24.9 Å². The van der Waals surface area contributed by atoms with E-state index >= 15 is 0 Å². The maximum Gasteiger partial charge on any atom is 0.0291 e. The molecule has 84 valence electrons. The van der Waals surface area contributed by atoms with Gasteiger partial charge in [0.2, 0.25) is 0 Å². The van der Waals surface area contributed by atoms with Crippen LogP contribution in [0.2, 0.25) is 0 Å². The van der Waals surface area contributed by atoms with Crippen molar-refractivity contribution in [1.29, 1.82) is 0 Å². The predicted molar refractivity (Wildman–Crippen MR) is 66.9 cm³/mol. The van der Waals surface area contributed by atoms with Crippen molar-refractivity contribution in [3.63, 3.8) is 0 Å². The summed E-state index contributed by atoms with van der Waals surface area (Å²) in [6.07, 6.45) is 2.54. The van der Waals surface area contributed by atoms with Crippen LogP contribution in [0.1, 0.15) is 45.2 Å². The molecule has 1 aromatic rings. The van der Waals surface area contributed by atoms with Crippen molar-refractivity contribution < 1.29 is 0 Å². The second-order valence-electron chi connectivity index (χ2n) is 4.22. The van der Waals surface area contributed by atoms with E-state index in [0.717, 1.165) is 12.5 Å². The van der Waals surface area contributed by atoms with E-state index in [1.54, 1.807) is 0 Å². The quantitative estimate of drug-likeness (QED) is 0.745. The molecule has 1 atom stereocenters. The Bertz CT molecular complexity index is 251. The van der Waals surface area contributed by atoms with Crippen LogP contribution in [0.25, 0.3) is 0 Å². The number of hydrogen-bond acceptors (Lipinski definition) is 1. The van der Waals surface area contributed by atoms with Crippen LogP contribution < -0.4 is 5.32 Å². The Labute approximate surface area is 93.9 Å². The van der Waals surface area contributed by atoms with Crippen LogP contribution in [0.5, 0.6) is 0 Å². The van der Waals surface area contributed by atoms with Gasteiger partial charge in [-0.2, -0.15) is 0 Å². The van der Waals surface area contributed by atoms with Gasteiger partial charge in [-0.3, -0.25) is 0 Å². The highest BCUT2D eigenvalue weighted by molar-refractivity contribution is 5.17. The van der Waals surface area contributed by atoms with Crippen LogP contribution >= 0.6 is 0 Å². The standard InChI is InChI=1S/C14H23N/c1-4-13(5-2)11-15-12(3)14-9-7-6-8-10-14/h6-10,12-13,15H,4-5,11H2,1-3H3/t12-/m1/s1. The molecule has 0 fully saturated rings. The number of rotatable bonds is 6. The van der Waals surface area contributed by atoms with E-state index in [4.69, 9.17) is 0 Å². The highest BCUT2D eigenvalue weighted by atomic mass is 14.9. The second kappa shape index (κ2) is 6.62. The van der Waals surface area contributed by atoms with Gasteiger partial charge in [0.1, 0.15) is 0 Å². The van der Waals surface area contributed by atoms with E-state index in [9.17, 15) is 0 Å². The lowest BCUT2D eigenvalue weighted by Gasteiger charge is -2.18. The van der Waals surface area contributed by atoms with Gasteiger partial charge < -0.3 is 5.32 Å². The smallest absolute Gasteiger partial charge is 0.0291 e. The Kier molecular flexibility index (Phi) is 5.41. The molecule has 0 heterocycles. The van der Waals surface area contributed by atoms with E-state index in [2.05, 4.69) is 56.4 Å². The highest BCUT2D eigenvalue weighted by Gasteiger charge is 2.07. The molecule has 0 saturated carbocycles. The summed E-state index contributed by atoms with van der Waals surface area (Å²) in [7, 11) is 0. The highest BCUT2D eigenvalue weighted by Crippen LogP contribution is 2.13. The Morgan fingerprint density at radius 3 is 2.20 bits per heavy atom. The largest absolute Gasteiger partial charge is 0.310 e. The number of hydrogen-bond donors (Lipinski definition) is 1. The molecule has 0 spiro atoms. The molecule has 0 radical (unpaired) electrons. The summed E-state index contributed by atoms with van der Waals surface area (Å²) in [5.74, 6) is 0.816. The van der Waals surface area contributed by atoms with Crippen LogP contribution in [0.15, 0.2) is 30.3 Å². The summed E-state index contributed by atoms with van der Waals surface area (Å²) in [5, 5.41) is 3.60. The minimum Gasteiger partial charge on any atom is -0.310 e. The summed E-state index contributed by atoms with van der Waals surface area (Å²) in [6, 6.07) is 11.1. The summed E-state index contributed by atoms with van der Waals surface area (Å²) >= 11 is 0. The van der Waals surface area contributed by atoms with Crippen molar-refractivity contribution >= 4 is 0 Å². The SMILES string of the molecule is CCC(CC)CN[C@H](C)c1ccccc1. The third-order valence-corrected chi connectivity index (χ3v) is 3.17. The molecule has 0 bridgehead atoms. The Morgan fingerprint density at radius 1 is 1.07 bits per heavy atom. The first kappa shape index (κ1) is 12.3. The van der Waals surface area contributed by atoms with Crippen LogP contribution in [0.4, 0.5) is 0 Å². The lowest BCUT2D eigenvalue weighted by Crippen LogP contribution is -2.25. The van der Waals surface area contributed by atoms with E-state index in [0.29, 0.717) is 6.04 Å². The molecule has 0 amide bonds. The first-order valence-corrected chi connectivity index (χ1v) is 6.06. The molecule has 1 nitrogen and oxygen atoms in total. The fourth-order valence-electron chi connectivity index (χ4n) is 1.78. The van der Waals surface area contributed by atoms with Gasteiger partial charge in [-0.1, -0.05) is 57.0 Å². The number of nitrogens with one attached hydrogen (secondary N) is 1. The van der Waals surface area contributed by atoms with Crippen LogP contribution in [-0.2, 0) is 0 Å². The predicted octanol–water partition coefficient (Wildman–Crippen LogP) is 3.77. The fraction of sp³-hybridized carbons (Fsp3) is 0.571. The zero-order valence-corrected chi connectivity index (χ0v) is 10.2. The van der Waals surface area contributed by atoms with E-state index in [-0.39, 0.29) is 0 Å². The molecular weight excluding hydrogens is 182 g/mol. The fourth-order valence-corrected chi connectivity index (χ4v) is 1.78. The Morgan fingerprint density at radius 2 is 1.67 bits per heavy atom. The van der Waals surface area contributed by atoms with Crippen molar-refractivity contribution in [3.8, 4) is 0 Å². The van der Waals surface area contributed by atoms with Crippen LogP contribution in [-0.4, -0.2) is 6.54 Å². The first-order chi connectivity index (χ1) is 7.27. The summed E-state index contributed by atoms with van der Waals surface area (Å²) in [6.45, 7) is 7.90. The van der Waals surface area contributed by atoms with Crippen molar-refractivity contribution in [2.75, 3.05) is 6.54 Å². The Hall–Kier alpha value is -0.820. The number of benzene rings is 1. The molecule has 15 heavy (non-hydrogen) atoms. The molecule has 1 N–H and O–H groups in total. The van der Waals surface area contributed by atoms with Gasteiger partial charge in [0.25, 0.3) is 0 Å². The molecule has 0 saturated heterocycles. The zero-order valence-electron chi connectivity index (χ0n) is 10.2. The molecule has 1 rings (SSSR count). The van der Waals surface area contributed by atoms with Crippen molar-refractivity contribution in [1.82, 2.24) is 5.32 Å². The van der Waals surface area contributed by atoms with Gasteiger partial charge in [0.05, 0.1) is 0 Å². The van der Waals surface area contributed by atoms with Crippen LogP contribution in [0, 0.1) is 5.92 Å². The average Bonchev–Trinajstić information content (AvgIpc) is 2.31. The topological polar surface area (TPSA) is 12.0 Å². The molecule has 0 unspecified atom stereocenters. The lowest BCUT2D eigenvalue weighted by atomic mass is 10.0. The summed E-state index contributed by atoms with van der Waals surface area (Å²) < 4.78 is 0. The van der Waals surface area contributed by atoms with Gasteiger partial charge in [-0.15, -0.1) is 0 Å². The van der Waals surface area contributed by atoms with Crippen molar-refractivity contribution in [2.45, 2.75) is 39.7 Å². The molecule has 0 aliphatic carbocycles. The first-order valence-electron chi connectivity index (χ1n) is 6.06. The van der Waals surface area contributed by atoms with Gasteiger partial charge in [-0.25, -0.2) is 0 Å². The van der Waals surface area contributed by atoms with Gasteiger partial charge in [0, 0.05) is 6.04 Å². The maximum atomic E-state index is 3.60. The minimum atomic E-state index is 0.465. The minimum absolute atomic E-state index is 0.465. The molecule has 0 aliphatic rings. The van der Waals surface area contributed by atoms with E-state index in [1.807, 2.05) is 0 Å². The molecule has 0 aromatic heterocycles. The van der Waals surface area contributed by atoms with E-state index < -0.39 is 0 Å². The molecule has 1 aromatic carbocycles. The lowest BCUT2D eigenvalue weighted by molar-refractivity contribution is 0.422. The molecule has 1 heteroatoms. The monoisotopic (exact) mass is 205 g/mol. The molecule has 0 aliphatic heterocycles. The Balaban J connectivity index is 2.39. The second-order valence-corrected chi connectivity index (χ2v) is 4.22. The van der Waals surface area contributed by atoms with Crippen LogP contribution in [0.3, 0.4) is 0 Å². The van der Waals surface area contributed by atoms with Gasteiger partial charge >= 0.3 is 0 Å². The third-order valence-electron chi connectivity index (χ3n) is 3.17. The summed E-state index contributed by atoms with van der Waals surface area (Å²) in [4.78, 5) is 0. The normalized spacial score (nSPS) is 13.1. The van der Waals surface area contributed by atoms with Crippen molar-refractivity contribution in [2.24, 2.45) is 5.92 Å². The molecular formula is C14H23N. The van der Waals surface area contributed by atoms with E-state index in [1.165, 1.54) is 18.4 Å². The summed E-state index contributed by atoms with van der Waals surface area (Å²) in [5.41, 5.74) is 1.38. The zero-order chi connectivity index (χ0) is 11.1. The maximum absolute atomic E-state index is 3.60. The average molecular weight is 205 g/mol. The van der Waals surface area contributed by atoms with Gasteiger partial charge in [0.15, 0.2) is 0 Å². The third kappa shape index (κ3) is 4.05. The van der Waals surface area contributed by atoms with Crippen molar-refractivity contribution in [3.05, 3.63) is 35.9 Å².